The number of hydrogen-bond donors (Lipinski definition) is 0. The number of Topliss-reactive ketones (excluding diaryl/α,β-unsaturated/α-hetero) is 1. The van der Waals surface area contributed by atoms with E-state index in [0.29, 0.717) is 11.7 Å². The van der Waals surface area contributed by atoms with Crippen LogP contribution in [-0.2, 0) is 4.79 Å². The summed E-state index contributed by atoms with van der Waals surface area (Å²) in [5.74, 6) is 1.10. The van der Waals surface area contributed by atoms with E-state index in [1.807, 2.05) is 13.0 Å². The van der Waals surface area contributed by atoms with Crippen LogP contribution in [0.25, 0.3) is 0 Å². The Bertz CT molecular complexity index is 201. The minimum Gasteiger partial charge on any atom is -0.300 e. The summed E-state index contributed by atoms with van der Waals surface area (Å²) < 4.78 is 0. The summed E-state index contributed by atoms with van der Waals surface area (Å²) in [6.07, 6.45) is 4.18. The van der Waals surface area contributed by atoms with Gasteiger partial charge >= 0.3 is 0 Å². The van der Waals surface area contributed by atoms with Gasteiger partial charge in [-0.15, -0.1) is 0 Å². The van der Waals surface area contributed by atoms with E-state index in [2.05, 4.69) is 19.9 Å². The quantitative estimate of drug-likeness (QED) is 0.555. The average Bonchev–Trinajstić information content (AvgIpc) is 2.35. The Morgan fingerprint density at radius 2 is 2.00 bits per heavy atom. The summed E-state index contributed by atoms with van der Waals surface area (Å²) in [4.78, 5) is 11.1. The molecular weight excluding hydrogens is 136 g/mol. The lowest BCUT2D eigenvalue weighted by Crippen LogP contribution is -1.99. The van der Waals surface area contributed by atoms with Crippen LogP contribution in [0.5, 0.6) is 0 Å². The average molecular weight is 152 g/mol. The standard InChI is InChI=1S/C10H16O/c1-5-6-8-9(7(2)11)10(8,3)4/h5-6,8-9H,1-4H3/b6-5-. The van der Waals surface area contributed by atoms with Gasteiger partial charge in [0.15, 0.2) is 0 Å². The van der Waals surface area contributed by atoms with Crippen LogP contribution in [0, 0.1) is 17.3 Å². The summed E-state index contributed by atoms with van der Waals surface area (Å²) in [6, 6.07) is 0. The molecule has 1 heteroatoms. The summed E-state index contributed by atoms with van der Waals surface area (Å²) in [6.45, 7) is 8.01. The first-order chi connectivity index (χ1) is 5.01. The van der Waals surface area contributed by atoms with E-state index in [0.717, 1.165) is 0 Å². The van der Waals surface area contributed by atoms with Crippen LogP contribution in [0.2, 0.25) is 0 Å². The van der Waals surface area contributed by atoms with E-state index < -0.39 is 0 Å². The maximum atomic E-state index is 11.1. The third-order valence-corrected chi connectivity index (χ3v) is 2.75. The molecule has 0 aromatic heterocycles. The van der Waals surface area contributed by atoms with Crippen LogP contribution in [0.4, 0.5) is 0 Å². The van der Waals surface area contributed by atoms with Gasteiger partial charge in [0.05, 0.1) is 0 Å². The minimum absolute atomic E-state index is 0.221. The van der Waals surface area contributed by atoms with E-state index >= 15 is 0 Å². The molecule has 0 N–H and O–H groups in total. The number of rotatable bonds is 2. The van der Waals surface area contributed by atoms with Gasteiger partial charge in [0.2, 0.25) is 0 Å². The zero-order chi connectivity index (χ0) is 8.65. The Morgan fingerprint density at radius 3 is 2.27 bits per heavy atom. The largest absolute Gasteiger partial charge is 0.300 e. The first kappa shape index (κ1) is 8.51. The van der Waals surface area contributed by atoms with E-state index in [1.54, 1.807) is 6.92 Å². The van der Waals surface area contributed by atoms with Gasteiger partial charge in [0.1, 0.15) is 5.78 Å². The molecule has 2 unspecified atom stereocenters. The topological polar surface area (TPSA) is 17.1 Å². The first-order valence-electron chi connectivity index (χ1n) is 4.15. The second-order valence-corrected chi connectivity index (χ2v) is 3.96. The maximum Gasteiger partial charge on any atom is 0.134 e. The van der Waals surface area contributed by atoms with Crippen LogP contribution in [-0.4, -0.2) is 5.78 Å². The van der Waals surface area contributed by atoms with E-state index in [9.17, 15) is 4.79 Å². The predicted molar refractivity (Wildman–Crippen MR) is 46.3 cm³/mol. The molecule has 1 aliphatic rings. The molecule has 0 aromatic rings. The van der Waals surface area contributed by atoms with Gasteiger partial charge in [0.25, 0.3) is 0 Å². The van der Waals surface area contributed by atoms with Crippen molar-refractivity contribution in [1.82, 2.24) is 0 Å². The Kier molecular flexibility index (Phi) is 1.91. The van der Waals surface area contributed by atoms with Crippen molar-refractivity contribution >= 4 is 5.78 Å². The Hall–Kier alpha value is -0.590. The molecule has 0 spiro atoms. The van der Waals surface area contributed by atoms with Gasteiger partial charge in [-0.1, -0.05) is 26.0 Å². The summed E-state index contributed by atoms with van der Waals surface area (Å²) in [5.41, 5.74) is 0.221. The normalized spacial score (nSPS) is 34.2. The van der Waals surface area contributed by atoms with E-state index in [4.69, 9.17) is 0 Å². The lowest BCUT2D eigenvalue weighted by Gasteiger charge is -1.96. The molecule has 0 aliphatic heterocycles. The van der Waals surface area contributed by atoms with Crippen molar-refractivity contribution in [3.8, 4) is 0 Å². The van der Waals surface area contributed by atoms with Gasteiger partial charge in [-0.3, -0.25) is 4.79 Å². The fraction of sp³-hybridized carbons (Fsp3) is 0.700. The molecule has 1 fully saturated rings. The van der Waals surface area contributed by atoms with Crippen molar-refractivity contribution in [2.45, 2.75) is 27.7 Å². The molecule has 0 aromatic carbocycles. The van der Waals surface area contributed by atoms with E-state index in [-0.39, 0.29) is 11.3 Å². The van der Waals surface area contributed by atoms with Crippen LogP contribution in [0.3, 0.4) is 0 Å². The van der Waals surface area contributed by atoms with Crippen molar-refractivity contribution in [2.24, 2.45) is 17.3 Å². The first-order valence-corrected chi connectivity index (χ1v) is 4.15. The number of ketones is 1. The van der Waals surface area contributed by atoms with Crippen molar-refractivity contribution in [3.05, 3.63) is 12.2 Å². The number of carbonyl (C=O) groups excluding carboxylic acids is 1. The highest BCUT2D eigenvalue weighted by Gasteiger charge is 2.58. The molecule has 0 radical (unpaired) electrons. The minimum atomic E-state index is 0.221. The Morgan fingerprint density at radius 1 is 1.45 bits per heavy atom. The molecule has 0 heterocycles. The van der Waals surface area contributed by atoms with Gasteiger partial charge in [-0.2, -0.15) is 0 Å². The molecule has 0 saturated heterocycles. The van der Waals surface area contributed by atoms with Gasteiger partial charge < -0.3 is 0 Å². The van der Waals surface area contributed by atoms with Crippen molar-refractivity contribution in [1.29, 1.82) is 0 Å². The molecule has 0 amide bonds. The third kappa shape index (κ3) is 1.24. The Labute approximate surface area is 68.5 Å². The molecule has 1 rings (SSSR count). The van der Waals surface area contributed by atoms with Crippen LogP contribution in [0.15, 0.2) is 12.2 Å². The molecule has 0 bridgehead atoms. The highest BCUT2D eigenvalue weighted by Crippen LogP contribution is 2.59. The zero-order valence-electron chi connectivity index (χ0n) is 7.72. The fourth-order valence-corrected chi connectivity index (χ4v) is 2.02. The SMILES string of the molecule is C/C=C\C1C(C(C)=O)C1(C)C. The molecule has 1 aliphatic carbocycles. The van der Waals surface area contributed by atoms with Crippen LogP contribution < -0.4 is 0 Å². The molecule has 2 atom stereocenters. The molecule has 62 valence electrons. The maximum absolute atomic E-state index is 11.1. The molecule has 1 saturated carbocycles. The fourth-order valence-electron chi connectivity index (χ4n) is 2.02. The van der Waals surface area contributed by atoms with Crippen molar-refractivity contribution in [3.63, 3.8) is 0 Å². The number of hydrogen-bond acceptors (Lipinski definition) is 1. The highest BCUT2D eigenvalue weighted by molar-refractivity contribution is 5.83. The summed E-state index contributed by atoms with van der Waals surface area (Å²) in [5, 5.41) is 0. The zero-order valence-corrected chi connectivity index (χ0v) is 7.72. The van der Waals surface area contributed by atoms with Crippen molar-refractivity contribution < 1.29 is 4.79 Å². The number of allylic oxidation sites excluding steroid dienone is 2. The number of carbonyl (C=O) groups is 1. The predicted octanol–water partition coefficient (Wildman–Crippen LogP) is 2.42. The van der Waals surface area contributed by atoms with E-state index in [1.165, 1.54) is 0 Å². The lowest BCUT2D eigenvalue weighted by atomic mass is 10.1. The van der Waals surface area contributed by atoms with Crippen molar-refractivity contribution in [2.75, 3.05) is 0 Å². The van der Waals surface area contributed by atoms with Crippen LogP contribution in [0.1, 0.15) is 27.7 Å². The Balaban J connectivity index is 2.68. The third-order valence-electron chi connectivity index (χ3n) is 2.75. The van der Waals surface area contributed by atoms with Gasteiger partial charge in [0, 0.05) is 5.92 Å². The summed E-state index contributed by atoms with van der Waals surface area (Å²) in [7, 11) is 0. The summed E-state index contributed by atoms with van der Waals surface area (Å²) >= 11 is 0. The second-order valence-electron chi connectivity index (χ2n) is 3.96. The molecule has 1 nitrogen and oxygen atoms in total. The second kappa shape index (κ2) is 2.47. The van der Waals surface area contributed by atoms with Gasteiger partial charge in [-0.05, 0) is 25.2 Å². The smallest absolute Gasteiger partial charge is 0.134 e. The van der Waals surface area contributed by atoms with Gasteiger partial charge in [-0.25, -0.2) is 0 Å². The lowest BCUT2D eigenvalue weighted by molar-refractivity contribution is -0.118. The monoisotopic (exact) mass is 152 g/mol. The molecule has 11 heavy (non-hydrogen) atoms. The highest BCUT2D eigenvalue weighted by atomic mass is 16.1. The molecular formula is C10H16O. The van der Waals surface area contributed by atoms with Crippen LogP contribution >= 0.6 is 0 Å².